The maximum Gasteiger partial charge on any atom is 0.264 e. The maximum absolute atomic E-state index is 12.1. The number of ether oxygens (including phenoxy) is 1. The number of nitrogens with zero attached hydrogens (tertiary/aromatic N) is 1. The Labute approximate surface area is 129 Å². The Morgan fingerprint density at radius 2 is 2.20 bits per heavy atom. The Morgan fingerprint density at radius 3 is 3.00 bits per heavy atom. The predicted molar refractivity (Wildman–Crippen MR) is 84.2 cm³/mol. The summed E-state index contributed by atoms with van der Waals surface area (Å²) in [6.45, 7) is 0.739. The third-order valence-corrected chi connectivity index (χ3v) is 4.86. The lowest BCUT2D eigenvalue weighted by Crippen LogP contribution is -2.16. The first-order chi connectivity index (χ1) is 9.72. The molecule has 1 aromatic heterocycles. The Kier molecular flexibility index (Phi) is 2.83. The fourth-order valence-electron chi connectivity index (χ4n) is 2.57. The second-order valence-electron chi connectivity index (χ2n) is 5.31. The van der Waals surface area contributed by atoms with E-state index in [0.29, 0.717) is 11.7 Å². The number of rotatable bonds is 2. The van der Waals surface area contributed by atoms with Crippen LogP contribution >= 0.6 is 22.6 Å². The van der Waals surface area contributed by atoms with Crippen LogP contribution in [0.3, 0.4) is 0 Å². The van der Waals surface area contributed by atoms with Crippen LogP contribution in [-0.4, -0.2) is 16.6 Å². The normalized spacial score (nSPS) is 16.9. The van der Waals surface area contributed by atoms with Crippen LogP contribution in [0, 0.1) is 3.57 Å². The molecule has 0 atom stereocenters. The highest BCUT2D eigenvalue weighted by molar-refractivity contribution is 14.1. The molecule has 4 rings (SSSR count). The molecular weight excluding hydrogens is 367 g/mol. The SMILES string of the molecule is O=c1[nH]c(-c2ccc3c(c2)CCO3)nc(C2CC2)c1I. The highest BCUT2D eigenvalue weighted by Crippen LogP contribution is 2.40. The molecular formula is C15H13IN2O2. The lowest BCUT2D eigenvalue weighted by Gasteiger charge is -2.07. The van der Waals surface area contributed by atoms with Crippen molar-refractivity contribution in [1.82, 2.24) is 9.97 Å². The molecule has 2 aliphatic rings. The summed E-state index contributed by atoms with van der Waals surface area (Å²) in [4.78, 5) is 19.7. The van der Waals surface area contributed by atoms with E-state index >= 15 is 0 Å². The molecule has 1 aromatic carbocycles. The molecule has 2 aromatic rings. The Hall–Kier alpha value is -1.37. The Bertz CT molecular complexity index is 750. The fraction of sp³-hybridized carbons (Fsp3) is 0.333. The average Bonchev–Trinajstić information content (AvgIpc) is 3.18. The highest BCUT2D eigenvalue weighted by Gasteiger charge is 2.29. The van der Waals surface area contributed by atoms with Gasteiger partial charge in [-0.1, -0.05) is 0 Å². The molecule has 1 aliphatic heterocycles. The highest BCUT2D eigenvalue weighted by atomic mass is 127. The van der Waals surface area contributed by atoms with Crippen LogP contribution in [0.1, 0.15) is 30.0 Å². The molecule has 0 saturated heterocycles. The molecule has 0 spiro atoms. The lowest BCUT2D eigenvalue weighted by atomic mass is 10.1. The topological polar surface area (TPSA) is 55.0 Å². The minimum atomic E-state index is -0.0331. The van der Waals surface area contributed by atoms with Crippen LogP contribution in [-0.2, 0) is 6.42 Å². The van der Waals surface area contributed by atoms with Gasteiger partial charge in [0, 0.05) is 17.9 Å². The van der Waals surface area contributed by atoms with E-state index in [1.54, 1.807) is 0 Å². The van der Waals surface area contributed by atoms with Crippen molar-refractivity contribution >= 4 is 22.6 Å². The molecule has 2 heterocycles. The lowest BCUT2D eigenvalue weighted by molar-refractivity contribution is 0.357. The number of halogens is 1. The summed E-state index contributed by atoms with van der Waals surface area (Å²) in [6, 6.07) is 6.00. The van der Waals surface area contributed by atoms with Gasteiger partial charge in [-0.05, 0) is 59.2 Å². The molecule has 0 bridgehead atoms. The third-order valence-electron chi connectivity index (χ3n) is 3.82. The molecule has 0 amide bonds. The number of H-pyrrole nitrogens is 1. The van der Waals surface area contributed by atoms with Gasteiger partial charge in [-0.15, -0.1) is 0 Å². The third kappa shape index (κ3) is 2.04. The van der Waals surface area contributed by atoms with E-state index < -0.39 is 0 Å². The van der Waals surface area contributed by atoms with Gasteiger partial charge in [0.2, 0.25) is 0 Å². The van der Waals surface area contributed by atoms with Crippen molar-refractivity contribution in [2.45, 2.75) is 25.2 Å². The molecule has 4 nitrogen and oxygen atoms in total. The molecule has 1 fully saturated rings. The van der Waals surface area contributed by atoms with E-state index in [2.05, 4.69) is 38.6 Å². The zero-order valence-corrected chi connectivity index (χ0v) is 12.9. The first-order valence-electron chi connectivity index (χ1n) is 6.78. The second kappa shape index (κ2) is 4.58. The molecule has 102 valence electrons. The monoisotopic (exact) mass is 380 g/mol. The van der Waals surface area contributed by atoms with Gasteiger partial charge in [0.15, 0.2) is 0 Å². The van der Waals surface area contributed by atoms with Gasteiger partial charge in [0.05, 0.1) is 15.9 Å². The van der Waals surface area contributed by atoms with Crippen LogP contribution in [0.15, 0.2) is 23.0 Å². The number of aromatic nitrogens is 2. The predicted octanol–water partition coefficient (Wildman–Crippen LogP) is 2.85. The summed E-state index contributed by atoms with van der Waals surface area (Å²) in [5.74, 6) is 2.09. The van der Waals surface area contributed by atoms with Crippen molar-refractivity contribution < 1.29 is 4.74 Å². The number of nitrogens with one attached hydrogen (secondary N) is 1. The van der Waals surface area contributed by atoms with Crippen LogP contribution in [0.25, 0.3) is 11.4 Å². The van der Waals surface area contributed by atoms with Crippen molar-refractivity contribution in [3.63, 3.8) is 0 Å². The number of benzene rings is 1. The van der Waals surface area contributed by atoms with Crippen molar-refractivity contribution in [1.29, 1.82) is 0 Å². The van der Waals surface area contributed by atoms with Gasteiger partial charge < -0.3 is 9.72 Å². The number of fused-ring (bicyclic) bond motifs is 1. The first kappa shape index (κ1) is 12.4. The minimum absolute atomic E-state index is 0.0331. The minimum Gasteiger partial charge on any atom is -0.493 e. The molecule has 1 N–H and O–H groups in total. The van der Waals surface area contributed by atoms with Gasteiger partial charge in [-0.3, -0.25) is 4.79 Å². The first-order valence-corrected chi connectivity index (χ1v) is 7.86. The quantitative estimate of drug-likeness (QED) is 0.816. The van der Waals surface area contributed by atoms with E-state index in [1.165, 1.54) is 5.56 Å². The summed E-state index contributed by atoms with van der Waals surface area (Å²) in [5.41, 5.74) is 3.08. The summed E-state index contributed by atoms with van der Waals surface area (Å²) in [6.07, 6.45) is 3.21. The average molecular weight is 380 g/mol. The van der Waals surface area contributed by atoms with Crippen LogP contribution in [0.4, 0.5) is 0 Å². The van der Waals surface area contributed by atoms with Crippen LogP contribution < -0.4 is 10.3 Å². The smallest absolute Gasteiger partial charge is 0.264 e. The largest absolute Gasteiger partial charge is 0.493 e. The Morgan fingerprint density at radius 1 is 1.35 bits per heavy atom. The summed E-state index contributed by atoms with van der Waals surface area (Å²) < 4.78 is 6.25. The van der Waals surface area contributed by atoms with E-state index in [4.69, 9.17) is 4.74 Å². The van der Waals surface area contributed by atoms with E-state index in [1.807, 2.05) is 12.1 Å². The summed E-state index contributed by atoms with van der Waals surface area (Å²) in [5, 5.41) is 0. The number of hydrogen-bond donors (Lipinski definition) is 1. The van der Waals surface area contributed by atoms with Gasteiger partial charge in [0.25, 0.3) is 5.56 Å². The van der Waals surface area contributed by atoms with Crippen molar-refractivity contribution in [2.75, 3.05) is 6.61 Å². The van der Waals surface area contributed by atoms with Crippen molar-refractivity contribution in [3.05, 3.63) is 43.4 Å². The summed E-state index contributed by atoms with van der Waals surface area (Å²) >= 11 is 2.10. The van der Waals surface area contributed by atoms with Crippen molar-refractivity contribution in [2.24, 2.45) is 0 Å². The molecule has 1 aliphatic carbocycles. The van der Waals surface area contributed by atoms with E-state index in [-0.39, 0.29) is 5.56 Å². The molecule has 0 radical (unpaired) electrons. The van der Waals surface area contributed by atoms with Gasteiger partial charge in [0.1, 0.15) is 11.6 Å². The molecule has 20 heavy (non-hydrogen) atoms. The second-order valence-corrected chi connectivity index (χ2v) is 6.39. The summed E-state index contributed by atoms with van der Waals surface area (Å²) in [7, 11) is 0. The molecule has 0 unspecified atom stereocenters. The number of aromatic amines is 1. The van der Waals surface area contributed by atoms with Crippen molar-refractivity contribution in [3.8, 4) is 17.1 Å². The molecule has 5 heteroatoms. The zero-order chi connectivity index (χ0) is 13.7. The maximum atomic E-state index is 12.1. The standard InChI is InChI=1S/C15H13IN2O2/c16-12-13(8-1-2-8)17-14(18-15(12)19)10-3-4-11-9(7-10)5-6-20-11/h3-4,7-8H,1-2,5-6H2,(H,17,18,19). The van der Waals surface area contributed by atoms with Gasteiger partial charge >= 0.3 is 0 Å². The van der Waals surface area contributed by atoms with Crippen LogP contribution in [0.5, 0.6) is 5.75 Å². The van der Waals surface area contributed by atoms with Gasteiger partial charge in [-0.2, -0.15) is 0 Å². The van der Waals surface area contributed by atoms with E-state index in [9.17, 15) is 4.79 Å². The van der Waals surface area contributed by atoms with E-state index in [0.717, 1.165) is 46.4 Å². The number of hydrogen-bond acceptors (Lipinski definition) is 3. The van der Waals surface area contributed by atoms with Gasteiger partial charge in [-0.25, -0.2) is 4.98 Å². The molecule has 1 saturated carbocycles. The fourth-order valence-corrected chi connectivity index (χ4v) is 3.27. The Balaban J connectivity index is 1.84. The zero-order valence-electron chi connectivity index (χ0n) is 10.8. The van der Waals surface area contributed by atoms with Crippen LogP contribution in [0.2, 0.25) is 0 Å².